The molecule has 0 spiro atoms. The van der Waals surface area contributed by atoms with Crippen LogP contribution in [0.5, 0.6) is 17.2 Å². The molecule has 3 aromatic carbocycles. The van der Waals surface area contributed by atoms with Gasteiger partial charge in [0.2, 0.25) is 5.91 Å². The third-order valence-electron chi connectivity index (χ3n) is 6.51. The number of amides is 2. The topological polar surface area (TPSA) is 102 Å². The Hall–Kier alpha value is -4.31. The molecule has 0 saturated carbocycles. The van der Waals surface area contributed by atoms with Crippen molar-refractivity contribution in [3.8, 4) is 17.2 Å². The zero-order chi connectivity index (χ0) is 27.4. The standard InChI is InChI=1S/C29H28N4O5S/c1-36-20-12-8-18(9-13-20)23-16-24(19-10-14-21(37-2)15-11-19)33(32-23)29-31-28(35)26(39-29)17-27(34)30-22-6-4-5-7-25(22)38-3/h4-15,24,26H,16-17H2,1-3H3,(H,30,34). The van der Waals surface area contributed by atoms with E-state index in [1.807, 2.05) is 54.6 Å². The fraction of sp³-hybridized carbons (Fsp3) is 0.241. The SMILES string of the molecule is COc1ccc(C2=NN(C3=NC(=O)C(CC(=O)Nc4ccccc4OC)S3)C(c3ccc(OC)cc3)C2)cc1. The third-order valence-corrected chi connectivity index (χ3v) is 7.65. The molecular formula is C29H28N4O5S. The summed E-state index contributed by atoms with van der Waals surface area (Å²) in [6.45, 7) is 0. The van der Waals surface area contributed by atoms with Crippen LogP contribution in [0.4, 0.5) is 5.69 Å². The number of aliphatic imine (C=N–C) groups is 1. The maximum Gasteiger partial charge on any atom is 0.262 e. The van der Waals surface area contributed by atoms with Crippen molar-refractivity contribution in [3.63, 3.8) is 0 Å². The molecule has 39 heavy (non-hydrogen) atoms. The van der Waals surface area contributed by atoms with Crippen LogP contribution in [0.2, 0.25) is 0 Å². The molecule has 0 aromatic heterocycles. The number of nitrogens with zero attached hydrogens (tertiary/aromatic N) is 3. The van der Waals surface area contributed by atoms with Crippen LogP contribution in [0.1, 0.15) is 30.0 Å². The van der Waals surface area contributed by atoms with Gasteiger partial charge >= 0.3 is 0 Å². The van der Waals surface area contributed by atoms with Crippen LogP contribution in [0, 0.1) is 0 Å². The Morgan fingerprint density at radius 1 is 0.949 bits per heavy atom. The van der Waals surface area contributed by atoms with E-state index < -0.39 is 5.25 Å². The smallest absolute Gasteiger partial charge is 0.262 e. The van der Waals surface area contributed by atoms with Gasteiger partial charge in [0, 0.05) is 12.8 Å². The number of carbonyl (C=O) groups excluding carboxylic acids is 2. The Bertz CT molecular complexity index is 1420. The normalized spacial score (nSPS) is 18.4. The summed E-state index contributed by atoms with van der Waals surface area (Å²) in [6.07, 6.45) is 0.593. The molecule has 1 N–H and O–H groups in total. The van der Waals surface area contributed by atoms with Gasteiger partial charge < -0.3 is 19.5 Å². The number of carbonyl (C=O) groups is 2. The largest absolute Gasteiger partial charge is 0.497 e. The van der Waals surface area contributed by atoms with E-state index in [0.29, 0.717) is 23.0 Å². The number of hydrogen-bond donors (Lipinski definition) is 1. The molecule has 2 heterocycles. The van der Waals surface area contributed by atoms with Gasteiger partial charge in [0.15, 0.2) is 5.17 Å². The number of para-hydroxylation sites is 2. The van der Waals surface area contributed by atoms with E-state index >= 15 is 0 Å². The van der Waals surface area contributed by atoms with Gasteiger partial charge in [-0.05, 0) is 59.7 Å². The maximum absolute atomic E-state index is 12.9. The number of ether oxygens (including phenoxy) is 3. The summed E-state index contributed by atoms with van der Waals surface area (Å²) in [5.41, 5.74) is 3.39. The van der Waals surface area contributed by atoms with Crippen LogP contribution in [0.25, 0.3) is 0 Å². The molecule has 2 aliphatic heterocycles. The van der Waals surface area contributed by atoms with Crippen LogP contribution >= 0.6 is 11.8 Å². The van der Waals surface area contributed by atoms with E-state index in [4.69, 9.17) is 19.3 Å². The van der Waals surface area contributed by atoms with Crippen molar-refractivity contribution in [2.45, 2.75) is 24.1 Å². The molecular weight excluding hydrogens is 516 g/mol. The molecule has 2 unspecified atom stereocenters. The molecule has 2 aliphatic rings. The number of benzene rings is 3. The van der Waals surface area contributed by atoms with Crippen LogP contribution < -0.4 is 19.5 Å². The quantitative estimate of drug-likeness (QED) is 0.431. The Morgan fingerprint density at radius 2 is 1.62 bits per heavy atom. The number of anilines is 1. The number of methoxy groups -OCH3 is 3. The highest BCUT2D eigenvalue weighted by Crippen LogP contribution is 2.39. The van der Waals surface area contributed by atoms with E-state index in [0.717, 1.165) is 28.3 Å². The summed E-state index contributed by atoms with van der Waals surface area (Å²) in [5.74, 6) is 1.41. The van der Waals surface area contributed by atoms with E-state index in [-0.39, 0.29) is 24.3 Å². The first-order valence-corrected chi connectivity index (χ1v) is 13.2. The summed E-state index contributed by atoms with van der Waals surface area (Å²) in [6, 6.07) is 22.5. The van der Waals surface area contributed by atoms with E-state index in [9.17, 15) is 9.59 Å². The van der Waals surface area contributed by atoms with Crippen molar-refractivity contribution in [1.29, 1.82) is 0 Å². The molecule has 0 fully saturated rings. The molecule has 0 bridgehead atoms. The molecule has 2 atom stereocenters. The molecule has 0 radical (unpaired) electrons. The first kappa shape index (κ1) is 26.3. The lowest BCUT2D eigenvalue weighted by Gasteiger charge is -2.23. The fourth-order valence-electron chi connectivity index (χ4n) is 4.45. The molecule has 2 amide bonds. The minimum Gasteiger partial charge on any atom is -0.497 e. The number of thioether (sulfide) groups is 1. The molecule has 5 rings (SSSR count). The third kappa shape index (κ3) is 5.75. The molecule has 3 aromatic rings. The predicted molar refractivity (Wildman–Crippen MR) is 152 cm³/mol. The zero-order valence-electron chi connectivity index (χ0n) is 21.8. The first-order valence-electron chi connectivity index (χ1n) is 12.4. The van der Waals surface area contributed by atoms with Crippen molar-refractivity contribution in [3.05, 3.63) is 83.9 Å². The lowest BCUT2D eigenvalue weighted by Crippen LogP contribution is -2.25. The zero-order valence-corrected chi connectivity index (χ0v) is 22.6. The second-order valence-electron chi connectivity index (χ2n) is 8.90. The van der Waals surface area contributed by atoms with Gasteiger partial charge in [-0.1, -0.05) is 36.0 Å². The van der Waals surface area contributed by atoms with Gasteiger partial charge in [-0.15, -0.1) is 0 Å². The van der Waals surface area contributed by atoms with Crippen LogP contribution in [-0.4, -0.2) is 54.3 Å². The highest BCUT2D eigenvalue weighted by atomic mass is 32.2. The van der Waals surface area contributed by atoms with Gasteiger partial charge in [0.1, 0.15) is 22.5 Å². The highest BCUT2D eigenvalue weighted by molar-refractivity contribution is 8.15. The van der Waals surface area contributed by atoms with Gasteiger partial charge in [0.25, 0.3) is 5.91 Å². The molecule has 200 valence electrons. The summed E-state index contributed by atoms with van der Waals surface area (Å²) in [7, 11) is 4.79. The van der Waals surface area contributed by atoms with E-state index in [1.165, 1.54) is 18.9 Å². The van der Waals surface area contributed by atoms with Crippen LogP contribution in [0.3, 0.4) is 0 Å². The second-order valence-corrected chi connectivity index (χ2v) is 10.1. The minimum atomic E-state index is -0.647. The van der Waals surface area contributed by atoms with Gasteiger partial charge in [-0.2, -0.15) is 10.1 Å². The summed E-state index contributed by atoms with van der Waals surface area (Å²) in [4.78, 5) is 30.0. The molecule has 0 saturated heterocycles. The highest BCUT2D eigenvalue weighted by Gasteiger charge is 2.39. The van der Waals surface area contributed by atoms with E-state index in [2.05, 4.69) is 10.3 Å². The minimum absolute atomic E-state index is 0.0232. The number of hydrogen-bond acceptors (Lipinski definition) is 8. The Morgan fingerprint density at radius 3 is 2.28 bits per heavy atom. The number of hydrazone groups is 1. The maximum atomic E-state index is 12.9. The Balaban J connectivity index is 1.35. The van der Waals surface area contributed by atoms with E-state index in [1.54, 1.807) is 37.4 Å². The number of rotatable bonds is 8. The first-order chi connectivity index (χ1) is 19.0. The second kappa shape index (κ2) is 11.6. The average molecular weight is 545 g/mol. The van der Waals surface area contributed by atoms with Crippen molar-refractivity contribution < 1.29 is 23.8 Å². The van der Waals surface area contributed by atoms with Crippen LogP contribution in [0.15, 0.2) is 82.9 Å². The van der Waals surface area contributed by atoms with Crippen molar-refractivity contribution in [2.24, 2.45) is 10.1 Å². The Kier molecular flexibility index (Phi) is 7.83. The fourth-order valence-corrected chi connectivity index (χ4v) is 5.51. The number of amidine groups is 1. The predicted octanol–water partition coefficient (Wildman–Crippen LogP) is 4.89. The number of nitrogens with one attached hydrogen (secondary N) is 1. The van der Waals surface area contributed by atoms with Crippen molar-refractivity contribution >= 4 is 40.1 Å². The molecule has 0 aliphatic carbocycles. The summed E-state index contributed by atoms with van der Waals surface area (Å²) < 4.78 is 15.9. The van der Waals surface area contributed by atoms with Gasteiger partial charge in [-0.25, -0.2) is 5.01 Å². The van der Waals surface area contributed by atoms with Crippen molar-refractivity contribution in [1.82, 2.24) is 5.01 Å². The summed E-state index contributed by atoms with van der Waals surface area (Å²) in [5, 5.41) is 9.34. The van der Waals surface area contributed by atoms with Gasteiger partial charge in [-0.3, -0.25) is 9.59 Å². The van der Waals surface area contributed by atoms with Crippen molar-refractivity contribution in [2.75, 3.05) is 26.6 Å². The summed E-state index contributed by atoms with van der Waals surface area (Å²) >= 11 is 1.26. The molecule has 9 nitrogen and oxygen atoms in total. The average Bonchev–Trinajstić information content (AvgIpc) is 3.57. The lowest BCUT2D eigenvalue weighted by molar-refractivity contribution is -0.121. The monoisotopic (exact) mass is 544 g/mol. The molecule has 10 heteroatoms. The van der Waals surface area contributed by atoms with Crippen LogP contribution in [-0.2, 0) is 9.59 Å². The lowest BCUT2D eigenvalue weighted by atomic mass is 9.98. The Labute approximate surface area is 230 Å². The van der Waals surface area contributed by atoms with Gasteiger partial charge in [0.05, 0.1) is 38.8 Å².